The lowest BCUT2D eigenvalue weighted by molar-refractivity contribution is -0.137. The molecule has 0 spiro atoms. The number of aliphatic carboxylic acids is 1. The van der Waals surface area contributed by atoms with Gasteiger partial charge in [-0.3, -0.25) is 19.8 Å². The molecule has 134 valence electrons. The highest BCUT2D eigenvalue weighted by molar-refractivity contribution is 6.32. The summed E-state index contributed by atoms with van der Waals surface area (Å²) in [6, 6.07) is 16.1. The van der Waals surface area contributed by atoms with E-state index in [1.165, 1.54) is 11.1 Å². The SMILES string of the molecule is O=C(O)Cn1cc(C=C2C(=O)NN(c3ccccc3)C2=O)c2ccccc21. The highest BCUT2D eigenvalue weighted by atomic mass is 16.4. The second kappa shape index (κ2) is 6.45. The third-order valence-corrected chi connectivity index (χ3v) is 4.33. The molecule has 3 aromatic rings. The summed E-state index contributed by atoms with van der Waals surface area (Å²) in [4.78, 5) is 36.2. The van der Waals surface area contributed by atoms with Crippen molar-refractivity contribution in [2.24, 2.45) is 0 Å². The number of hydrogen-bond donors (Lipinski definition) is 2. The lowest BCUT2D eigenvalue weighted by atomic mass is 10.1. The molecule has 2 amide bonds. The molecule has 0 saturated carbocycles. The summed E-state index contributed by atoms with van der Waals surface area (Å²) < 4.78 is 1.58. The monoisotopic (exact) mass is 361 g/mol. The van der Waals surface area contributed by atoms with Gasteiger partial charge in [0.1, 0.15) is 12.1 Å². The van der Waals surface area contributed by atoms with Crippen molar-refractivity contribution >= 4 is 40.4 Å². The number of anilines is 1. The molecule has 1 aliphatic rings. The Morgan fingerprint density at radius 2 is 1.74 bits per heavy atom. The molecule has 1 aliphatic heterocycles. The third kappa shape index (κ3) is 2.95. The van der Waals surface area contributed by atoms with Gasteiger partial charge in [-0.25, -0.2) is 5.01 Å². The van der Waals surface area contributed by atoms with E-state index in [0.717, 1.165) is 10.9 Å². The van der Waals surface area contributed by atoms with Crippen molar-refractivity contribution in [1.82, 2.24) is 9.99 Å². The van der Waals surface area contributed by atoms with Gasteiger partial charge in [-0.2, -0.15) is 0 Å². The summed E-state index contributed by atoms with van der Waals surface area (Å²) in [7, 11) is 0. The molecule has 0 aliphatic carbocycles. The first-order valence-corrected chi connectivity index (χ1v) is 8.26. The van der Waals surface area contributed by atoms with Gasteiger partial charge in [0.05, 0.1) is 5.69 Å². The lowest BCUT2D eigenvalue weighted by Crippen LogP contribution is -2.35. The number of hydrogen-bond acceptors (Lipinski definition) is 3. The predicted molar refractivity (Wildman–Crippen MR) is 99.6 cm³/mol. The van der Waals surface area contributed by atoms with Crippen molar-refractivity contribution < 1.29 is 19.5 Å². The van der Waals surface area contributed by atoms with E-state index in [-0.39, 0.29) is 12.1 Å². The zero-order chi connectivity index (χ0) is 19.0. The minimum Gasteiger partial charge on any atom is -0.480 e. The molecule has 0 bridgehead atoms. The maximum atomic E-state index is 12.7. The number of carbonyl (C=O) groups is 3. The molecular weight excluding hydrogens is 346 g/mol. The van der Waals surface area contributed by atoms with Crippen LogP contribution in [0.4, 0.5) is 5.69 Å². The zero-order valence-corrected chi connectivity index (χ0v) is 14.1. The first-order chi connectivity index (χ1) is 13.0. The molecule has 7 heteroatoms. The fourth-order valence-corrected chi connectivity index (χ4v) is 3.14. The number of hydrazine groups is 1. The quantitative estimate of drug-likeness (QED) is 0.550. The van der Waals surface area contributed by atoms with Crippen LogP contribution in [0.25, 0.3) is 17.0 Å². The first kappa shape index (κ1) is 16.6. The number of nitrogens with zero attached hydrogens (tertiary/aromatic N) is 2. The van der Waals surface area contributed by atoms with E-state index in [0.29, 0.717) is 11.3 Å². The van der Waals surface area contributed by atoms with Crippen LogP contribution in [0.15, 0.2) is 66.4 Å². The Balaban J connectivity index is 1.76. The maximum Gasteiger partial charge on any atom is 0.323 e. The van der Waals surface area contributed by atoms with E-state index in [1.54, 1.807) is 41.1 Å². The number of aromatic nitrogens is 1. The number of rotatable bonds is 4. The van der Waals surface area contributed by atoms with Gasteiger partial charge in [0.25, 0.3) is 11.8 Å². The summed E-state index contributed by atoms with van der Waals surface area (Å²) in [5, 5.41) is 11.1. The number of benzene rings is 2. The minimum absolute atomic E-state index is 0.00270. The van der Waals surface area contributed by atoms with Crippen LogP contribution in [0.1, 0.15) is 5.56 Å². The fourth-order valence-electron chi connectivity index (χ4n) is 3.14. The van der Waals surface area contributed by atoms with E-state index < -0.39 is 17.8 Å². The highest BCUT2D eigenvalue weighted by Crippen LogP contribution is 2.26. The van der Waals surface area contributed by atoms with Crippen molar-refractivity contribution in [2.75, 3.05) is 5.01 Å². The number of nitrogens with one attached hydrogen (secondary N) is 1. The van der Waals surface area contributed by atoms with E-state index in [4.69, 9.17) is 5.11 Å². The standard InChI is InChI=1S/C20H15N3O4/c24-18(25)12-22-11-13(15-8-4-5-9-17(15)22)10-16-19(26)21-23(20(16)27)14-6-2-1-3-7-14/h1-11H,12H2,(H,21,26)(H,24,25). The number of fused-ring (bicyclic) bond motifs is 1. The normalized spacial score (nSPS) is 15.6. The van der Waals surface area contributed by atoms with Gasteiger partial charge in [0, 0.05) is 22.7 Å². The van der Waals surface area contributed by atoms with Gasteiger partial charge in [-0.05, 0) is 24.3 Å². The molecule has 27 heavy (non-hydrogen) atoms. The summed E-state index contributed by atoms with van der Waals surface area (Å²) in [5.41, 5.74) is 4.44. The second-order valence-corrected chi connectivity index (χ2v) is 6.10. The number of amides is 2. The van der Waals surface area contributed by atoms with Crippen LogP contribution in [0.3, 0.4) is 0 Å². The van der Waals surface area contributed by atoms with Gasteiger partial charge < -0.3 is 9.67 Å². The van der Waals surface area contributed by atoms with E-state index in [2.05, 4.69) is 5.43 Å². The summed E-state index contributed by atoms with van der Waals surface area (Å²) in [5.74, 6) is -1.93. The number of carbonyl (C=O) groups excluding carboxylic acids is 2. The Morgan fingerprint density at radius 1 is 1.04 bits per heavy atom. The summed E-state index contributed by atoms with van der Waals surface area (Å²) in [6.45, 7) is -0.208. The largest absolute Gasteiger partial charge is 0.480 e. The van der Waals surface area contributed by atoms with Crippen molar-refractivity contribution in [3.63, 3.8) is 0 Å². The molecule has 1 aromatic heterocycles. The Kier molecular flexibility index (Phi) is 3.97. The topological polar surface area (TPSA) is 91.6 Å². The second-order valence-electron chi connectivity index (χ2n) is 6.10. The molecule has 0 atom stereocenters. The maximum absolute atomic E-state index is 12.7. The average Bonchev–Trinajstić information content (AvgIpc) is 3.15. The molecule has 2 heterocycles. The molecule has 0 unspecified atom stereocenters. The van der Waals surface area contributed by atoms with Crippen LogP contribution in [0.5, 0.6) is 0 Å². The van der Waals surface area contributed by atoms with E-state index in [9.17, 15) is 14.4 Å². The molecule has 2 aromatic carbocycles. The van der Waals surface area contributed by atoms with E-state index >= 15 is 0 Å². The summed E-state index contributed by atoms with van der Waals surface area (Å²) >= 11 is 0. The zero-order valence-electron chi connectivity index (χ0n) is 14.1. The Hall–Kier alpha value is -3.87. The minimum atomic E-state index is -0.972. The van der Waals surface area contributed by atoms with Crippen molar-refractivity contribution in [3.05, 3.63) is 71.9 Å². The number of carboxylic acids is 1. The van der Waals surface area contributed by atoms with Crippen LogP contribution in [0.2, 0.25) is 0 Å². The third-order valence-electron chi connectivity index (χ3n) is 4.33. The van der Waals surface area contributed by atoms with Crippen molar-refractivity contribution in [2.45, 2.75) is 6.54 Å². The molecular formula is C20H15N3O4. The van der Waals surface area contributed by atoms with Crippen LogP contribution in [-0.4, -0.2) is 27.5 Å². The number of carboxylic acid groups (broad SMARTS) is 1. The Labute approximate surface area is 154 Å². The molecule has 1 fully saturated rings. The van der Waals surface area contributed by atoms with Gasteiger partial charge in [0.15, 0.2) is 0 Å². The van der Waals surface area contributed by atoms with Gasteiger partial charge in [-0.1, -0.05) is 36.4 Å². The van der Waals surface area contributed by atoms with Crippen LogP contribution in [0, 0.1) is 0 Å². The molecule has 2 N–H and O–H groups in total. The molecule has 1 saturated heterocycles. The smallest absolute Gasteiger partial charge is 0.323 e. The Morgan fingerprint density at radius 3 is 2.48 bits per heavy atom. The molecule has 0 radical (unpaired) electrons. The average molecular weight is 361 g/mol. The molecule has 7 nitrogen and oxygen atoms in total. The van der Waals surface area contributed by atoms with Crippen molar-refractivity contribution in [3.8, 4) is 0 Å². The molecule has 4 rings (SSSR count). The van der Waals surface area contributed by atoms with Gasteiger partial charge in [0.2, 0.25) is 0 Å². The predicted octanol–water partition coefficient (Wildman–Crippen LogP) is 2.19. The lowest BCUT2D eigenvalue weighted by Gasteiger charge is -2.13. The summed E-state index contributed by atoms with van der Waals surface area (Å²) in [6.07, 6.45) is 3.14. The fraction of sp³-hybridized carbons (Fsp3) is 0.0500. The van der Waals surface area contributed by atoms with Gasteiger partial charge in [-0.15, -0.1) is 0 Å². The van der Waals surface area contributed by atoms with Crippen LogP contribution in [-0.2, 0) is 20.9 Å². The van der Waals surface area contributed by atoms with Crippen LogP contribution < -0.4 is 10.4 Å². The van der Waals surface area contributed by atoms with Crippen LogP contribution >= 0.6 is 0 Å². The number of para-hydroxylation sites is 2. The highest BCUT2D eigenvalue weighted by Gasteiger charge is 2.34. The Bertz CT molecular complexity index is 1100. The first-order valence-electron chi connectivity index (χ1n) is 8.26. The van der Waals surface area contributed by atoms with Crippen molar-refractivity contribution in [1.29, 1.82) is 0 Å². The van der Waals surface area contributed by atoms with E-state index in [1.807, 2.05) is 24.3 Å². The van der Waals surface area contributed by atoms with Gasteiger partial charge >= 0.3 is 5.97 Å².